The maximum Gasteiger partial charge on any atom is 0.472 e. The lowest BCUT2D eigenvalue weighted by molar-refractivity contribution is -0.161. The highest BCUT2D eigenvalue weighted by Gasteiger charge is 2.26. The number of ether oxygens (including phenoxy) is 2. The van der Waals surface area contributed by atoms with Gasteiger partial charge in [-0.2, -0.15) is 0 Å². The summed E-state index contributed by atoms with van der Waals surface area (Å²) in [5.41, 5.74) is 5.40. The van der Waals surface area contributed by atoms with Gasteiger partial charge in [0.25, 0.3) is 0 Å². The molecule has 3 N–H and O–H groups in total. The van der Waals surface area contributed by atoms with Crippen molar-refractivity contribution in [3.63, 3.8) is 0 Å². The predicted octanol–water partition coefficient (Wildman–Crippen LogP) is 22.4. The zero-order valence-corrected chi connectivity index (χ0v) is 54.9. The Morgan fingerprint density at radius 2 is 0.612 bits per heavy atom. The number of nitrogens with two attached hydrogens (primary N) is 1. The number of carbonyl (C=O) groups is 2. The minimum atomic E-state index is -4.41. The Morgan fingerprint density at radius 1 is 0.353 bits per heavy atom. The number of rotatable bonds is 62. The molecule has 10 heteroatoms. The SMILES string of the molecule is CC/C=C\C/C=C\C/C=C\C/C=C\C/C=C\C/C=C\C/C=C\C/C=C\C/C=C\CCCCCCCCCC(=O)OC(COC(=O)CCCCCCCCCCCCCCCCCC/C=C\C/C=C\C/C=C\C/C=C\CC)COP(=O)(O)OCCN. The van der Waals surface area contributed by atoms with Crippen LogP contribution in [0.1, 0.15) is 271 Å². The summed E-state index contributed by atoms with van der Waals surface area (Å²) in [6.45, 7) is 3.51. The fraction of sp³-hybridized carbons (Fsp3) is 0.627. The Balaban J connectivity index is 3.98. The molecule has 0 saturated heterocycles. The van der Waals surface area contributed by atoms with Crippen LogP contribution in [0.25, 0.3) is 0 Å². The van der Waals surface area contributed by atoms with Crippen molar-refractivity contribution in [1.82, 2.24) is 0 Å². The summed E-state index contributed by atoms with van der Waals surface area (Å²) in [4.78, 5) is 35.3. The maximum absolute atomic E-state index is 12.8. The molecule has 0 fully saturated rings. The van der Waals surface area contributed by atoms with Crippen LogP contribution in [0.5, 0.6) is 0 Å². The van der Waals surface area contributed by atoms with E-state index in [0.717, 1.165) is 135 Å². The van der Waals surface area contributed by atoms with Crippen molar-refractivity contribution in [2.24, 2.45) is 5.73 Å². The smallest absolute Gasteiger partial charge is 0.462 e. The number of hydrogen-bond acceptors (Lipinski definition) is 8. The molecule has 0 spiro atoms. The second kappa shape index (κ2) is 68.7. The van der Waals surface area contributed by atoms with Gasteiger partial charge in [-0.15, -0.1) is 0 Å². The van der Waals surface area contributed by atoms with Gasteiger partial charge in [-0.1, -0.05) is 294 Å². The van der Waals surface area contributed by atoms with Crippen LogP contribution < -0.4 is 5.73 Å². The molecular weight excluding hydrogens is 1070 g/mol. The summed E-state index contributed by atoms with van der Waals surface area (Å²) in [5, 5.41) is 0. The molecule has 0 heterocycles. The predicted molar refractivity (Wildman–Crippen MR) is 366 cm³/mol. The minimum Gasteiger partial charge on any atom is -0.462 e. The standard InChI is InChI=1S/C75H124NO8P/c1-3-5-7-9-11-13-15-17-19-21-23-25-27-29-31-33-34-35-36-37-38-40-42-44-46-48-50-52-54-56-58-60-62-64-66-68-75(78)84-73(72-83-85(79,80)82-70-69-76)71-81-74(77)67-65-63-61-59-57-55-53-51-49-47-45-43-41-39-32-30-28-26-24-22-20-18-16-14-12-10-8-6-4-2/h5-8,11-14,17-20,23-26,29,31,34-35,37-38,42,44,48,50,73H,3-4,9-10,15-16,21-22,27-28,30,32-33,36,39-41,43,45-47,49,51-72,76H2,1-2H3,(H,79,80)/b7-5-,8-6-,13-11-,14-12-,19-17-,20-18-,25-23-,26-24-,31-29-,35-34-,38-37-,44-42-,50-48-. The van der Waals surface area contributed by atoms with E-state index < -0.39 is 26.5 Å². The Bertz CT molecular complexity index is 1950. The zero-order valence-electron chi connectivity index (χ0n) is 54.0. The lowest BCUT2D eigenvalue weighted by atomic mass is 10.0. The highest BCUT2D eigenvalue weighted by atomic mass is 31.2. The molecule has 482 valence electrons. The summed E-state index contributed by atoms with van der Waals surface area (Å²) in [7, 11) is -4.41. The maximum atomic E-state index is 12.8. The number of carbonyl (C=O) groups excluding carboxylic acids is 2. The van der Waals surface area contributed by atoms with Crippen molar-refractivity contribution in [2.75, 3.05) is 26.4 Å². The summed E-state index contributed by atoms with van der Waals surface area (Å²) in [6.07, 6.45) is 100. The normalized spacial score (nSPS) is 14.0. The molecule has 0 bridgehead atoms. The summed E-state index contributed by atoms with van der Waals surface area (Å²) in [6, 6.07) is 0. The van der Waals surface area contributed by atoms with Gasteiger partial charge in [0.1, 0.15) is 6.61 Å². The number of unbranched alkanes of at least 4 members (excludes halogenated alkanes) is 23. The van der Waals surface area contributed by atoms with E-state index in [0.29, 0.717) is 6.42 Å². The quantitative estimate of drug-likeness (QED) is 0.0264. The Hall–Kier alpha value is -4.37. The molecule has 0 amide bonds. The van der Waals surface area contributed by atoms with Crippen LogP contribution in [-0.2, 0) is 32.7 Å². The molecule has 0 saturated carbocycles. The van der Waals surface area contributed by atoms with Crippen LogP contribution in [0.4, 0.5) is 0 Å². The Labute approximate surface area is 521 Å². The van der Waals surface area contributed by atoms with E-state index >= 15 is 0 Å². The lowest BCUT2D eigenvalue weighted by Crippen LogP contribution is -2.29. The number of phosphoric acid groups is 1. The molecule has 2 atom stereocenters. The van der Waals surface area contributed by atoms with Gasteiger partial charge >= 0.3 is 19.8 Å². The molecular formula is C75H124NO8P. The van der Waals surface area contributed by atoms with E-state index in [1.165, 1.54) is 103 Å². The second-order valence-electron chi connectivity index (χ2n) is 21.9. The number of esters is 2. The molecule has 9 nitrogen and oxygen atoms in total. The minimum absolute atomic E-state index is 0.0443. The Morgan fingerprint density at radius 3 is 0.906 bits per heavy atom. The van der Waals surface area contributed by atoms with Gasteiger partial charge in [-0.25, -0.2) is 4.57 Å². The van der Waals surface area contributed by atoms with Crippen LogP contribution in [-0.4, -0.2) is 49.3 Å². The van der Waals surface area contributed by atoms with E-state index in [-0.39, 0.29) is 38.6 Å². The van der Waals surface area contributed by atoms with Crippen molar-refractivity contribution < 1.29 is 37.6 Å². The number of phosphoric ester groups is 1. The summed E-state index contributed by atoms with van der Waals surface area (Å²) >= 11 is 0. The van der Waals surface area contributed by atoms with Crippen LogP contribution in [0.15, 0.2) is 158 Å². The molecule has 0 aromatic rings. The third kappa shape index (κ3) is 68.6. The van der Waals surface area contributed by atoms with Crippen LogP contribution in [0.3, 0.4) is 0 Å². The van der Waals surface area contributed by atoms with Gasteiger partial charge in [0.15, 0.2) is 6.10 Å². The first-order chi connectivity index (χ1) is 41.8. The average Bonchev–Trinajstić information content (AvgIpc) is 3.52. The van der Waals surface area contributed by atoms with Crippen LogP contribution >= 0.6 is 7.82 Å². The van der Waals surface area contributed by atoms with Gasteiger partial charge in [-0.3, -0.25) is 18.6 Å². The first kappa shape index (κ1) is 80.6. The van der Waals surface area contributed by atoms with Gasteiger partial charge in [-0.05, 0) is 122 Å². The average molecular weight is 1200 g/mol. The molecule has 85 heavy (non-hydrogen) atoms. The highest BCUT2D eigenvalue weighted by Crippen LogP contribution is 2.43. The summed E-state index contributed by atoms with van der Waals surface area (Å²) in [5.74, 6) is -0.845. The van der Waals surface area contributed by atoms with E-state index in [4.69, 9.17) is 24.3 Å². The molecule has 2 unspecified atom stereocenters. The highest BCUT2D eigenvalue weighted by molar-refractivity contribution is 7.47. The molecule has 0 aliphatic heterocycles. The van der Waals surface area contributed by atoms with E-state index in [9.17, 15) is 19.0 Å². The monoisotopic (exact) mass is 1200 g/mol. The lowest BCUT2D eigenvalue weighted by Gasteiger charge is -2.19. The topological polar surface area (TPSA) is 134 Å². The van der Waals surface area contributed by atoms with Crippen LogP contribution in [0.2, 0.25) is 0 Å². The third-order valence-corrected chi connectivity index (χ3v) is 14.9. The molecule has 0 aromatic carbocycles. The van der Waals surface area contributed by atoms with E-state index in [1.807, 2.05) is 0 Å². The first-order valence-corrected chi connectivity index (χ1v) is 35.5. The van der Waals surface area contributed by atoms with Gasteiger partial charge in [0.2, 0.25) is 0 Å². The number of hydrogen-bond donors (Lipinski definition) is 2. The first-order valence-electron chi connectivity index (χ1n) is 34.0. The molecule has 0 aromatic heterocycles. The van der Waals surface area contributed by atoms with Crippen molar-refractivity contribution in [2.45, 2.75) is 277 Å². The fourth-order valence-corrected chi connectivity index (χ4v) is 9.74. The second-order valence-corrected chi connectivity index (χ2v) is 23.4. The van der Waals surface area contributed by atoms with Crippen molar-refractivity contribution in [3.8, 4) is 0 Å². The van der Waals surface area contributed by atoms with Crippen molar-refractivity contribution >= 4 is 19.8 Å². The molecule has 0 aliphatic rings. The Kier molecular flexibility index (Phi) is 65.2. The van der Waals surface area contributed by atoms with Crippen LogP contribution in [0, 0.1) is 0 Å². The molecule has 0 rings (SSSR count). The van der Waals surface area contributed by atoms with E-state index in [2.05, 4.69) is 172 Å². The molecule has 0 aliphatic carbocycles. The summed E-state index contributed by atoms with van der Waals surface area (Å²) < 4.78 is 33.2. The molecule has 0 radical (unpaired) electrons. The fourth-order valence-electron chi connectivity index (χ4n) is 8.97. The van der Waals surface area contributed by atoms with Gasteiger partial charge in [0.05, 0.1) is 13.2 Å². The van der Waals surface area contributed by atoms with E-state index in [1.54, 1.807) is 0 Å². The van der Waals surface area contributed by atoms with Gasteiger partial charge < -0.3 is 20.1 Å². The third-order valence-electron chi connectivity index (χ3n) is 13.9. The zero-order chi connectivity index (χ0) is 61.6. The van der Waals surface area contributed by atoms with Crippen molar-refractivity contribution in [3.05, 3.63) is 158 Å². The van der Waals surface area contributed by atoms with Gasteiger partial charge in [0, 0.05) is 19.4 Å². The number of allylic oxidation sites excluding steroid dienone is 26. The largest absolute Gasteiger partial charge is 0.472 e. The van der Waals surface area contributed by atoms with Crippen molar-refractivity contribution in [1.29, 1.82) is 0 Å².